The van der Waals surface area contributed by atoms with Gasteiger partial charge in [0.05, 0.1) is 0 Å². The molecule has 1 unspecified atom stereocenters. The Kier molecular flexibility index (Phi) is 14.6. The third kappa shape index (κ3) is 15.2. The highest BCUT2D eigenvalue weighted by atomic mass is 16.4. The fraction of sp³-hybridized carbons (Fsp3) is 0.833. The summed E-state index contributed by atoms with van der Waals surface area (Å²) in [5.41, 5.74) is 0. The van der Waals surface area contributed by atoms with Crippen LogP contribution in [0.2, 0.25) is 0 Å². The molecule has 0 fully saturated rings. The van der Waals surface area contributed by atoms with Crippen molar-refractivity contribution in [2.24, 2.45) is 0 Å². The second-order valence-electron chi connectivity index (χ2n) is 5.68. The molecule has 3 heteroatoms. The lowest BCUT2D eigenvalue weighted by Crippen LogP contribution is -2.18. The molecule has 0 aliphatic heterocycles. The van der Waals surface area contributed by atoms with E-state index in [9.17, 15) is 4.79 Å². The second kappa shape index (κ2) is 15.4. The van der Waals surface area contributed by atoms with Gasteiger partial charge in [0.2, 0.25) is 0 Å². The third-order valence-corrected chi connectivity index (χ3v) is 3.59. The Labute approximate surface area is 130 Å². The zero-order chi connectivity index (χ0) is 15.8. The first kappa shape index (κ1) is 20.0. The molecule has 0 rings (SSSR count). The fourth-order valence-corrected chi connectivity index (χ4v) is 2.21. The van der Waals surface area contributed by atoms with E-state index in [1.165, 1.54) is 57.8 Å². The number of hydrogen-bond acceptors (Lipinski definition) is 2. The SMILES string of the molecule is CCCCCCCCCCCC#CCCCC(O)C(=O)O. The van der Waals surface area contributed by atoms with Crippen LogP contribution < -0.4 is 0 Å². The molecule has 0 heterocycles. The molecule has 0 aliphatic carbocycles. The summed E-state index contributed by atoms with van der Waals surface area (Å²) >= 11 is 0. The number of aliphatic hydroxyl groups is 1. The van der Waals surface area contributed by atoms with E-state index in [0.717, 1.165) is 6.42 Å². The summed E-state index contributed by atoms with van der Waals surface area (Å²) in [6, 6.07) is 0. The summed E-state index contributed by atoms with van der Waals surface area (Å²) in [5.74, 6) is 5.04. The standard InChI is InChI=1S/C18H32O3/c1-2-3-4-5-6-7-8-9-10-11-12-13-14-15-16-17(19)18(20)21/h17,19H,2-11,14-16H2,1H3,(H,20,21). The molecule has 2 N–H and O–H groups in total. The lowest BCUT2D eigenvalue weighted by molar-refractivity contribution is -0.146. The van der Waals surface area contributed by atoms with Crippen LogP contribution in [0.25, 0.3) is 0 Å². The first-order valence-corrected chi connectivity index (χ1v) is 8.55. The maximum Gasteiger partial charge on any atom is 0.332 e. The summed E-state index contributed by atoms with van der Waals surface area (Å²) in [7, 11) is 0. The Morgan fingerprint density at radius 2 is 1.33 bits per heavy atom. The molecule has 0 bridgehead atoms. The summed E-state index contributed by atoms with van der Waals surface area (Å²) in [6.45, 7) is 2.25. The Morgan fingerprint density at radius 1 is 0.857 bits per heavy atom. The van der Waals surface area contributed by atoms with E-state index in [1.54, 1.807) is 0 Å². The fourth-order valence-electron chi connectivity index (χ4n) is 2.21. The van der Waals surface area contributed by atoms with Crippen LogP contribution in [0, 0.1) is 11.8 Å². The number of carboxylic acids is 1. The zero-order valence-corrected chi connectivity index (χ0v) is 13.6. The molecule has 0 aromatic rings. The summed E-state index contributed by atoms with van der Waals surface area (Å²) in [5, 5.41) is 17.6. The molecule has 1 atom stereocenters. The van der Waals surface area contributed by atoms with Crippen molar-refractivity contribution in [3.8, 4) is 11.8 Å². The minimum atomic E-state index is -1.23. The predicted octanol–water partition coefficient (Wildman–Crippen LogP) is 4.53. The van der Waals surface area contributed by atoms with Crippen molar-refractivity contribution in [3.05, 3.63) is 0 Å². The van der Waals surface area contributed by atoms with E-state index in [0.29, 0.717) is 19.3 Å². The number of rotatable bonds is 13. The molecular formula is C18H32O3. The maximum atomic E-state index is 10.4. The highest BCUT2D eigenvalue weighted by molar-refractivity contribution is 5.71. The van der Waals surface area contributed by atoms with Gasteiger partial charge in [-0.15, -0.1) is 11.8 Å². The first-order chi connectivity index (χ1) is 10.2. The maximum absolute atomic E-state index is 10.4. The van der Waals surface area contributed by atoms with Crippen molar-refractivity contribution >= 4 is 5.97 Å². The summed E-state index contributed by atoms with van der Waals surface area (Å²) in [4.78, 5) is 10.4. The van der Waals surface area contributed by atoms with E-state index >= 15 is 0 Å². The van der Waals surface area contributed by atoms with Gasteiger partial charge >= 0.3 is 5.97 Å². The van der Waals surface area contributed by atoms with Crippen LogP contribution in [-0.4, -0.2) is 22.3 Å². The van der Waals surface area contributed by atoms with Gasteiger partial charge in [-0.1, -0.05) is 58.3 Å². The van der Waals surface area contributed by atoms with Crippen molar-refractivity contribution in [2.45, 2.75) is 96.5 Å². The van der Waals surface area contributed by atoms with Crippen LogP contribution in [-0.2, 0) is 4.79 Å². The van der Waals surface area contributed by atoms with Gasteiger partial charge in [0, 0.05) is 12.8 Å². The van der Waals surface area contributed by atoms with Gasteiger partial charge in [-0.2, -0.15) is 0 Å². The molecule has 0 aliphatic rings. The van der Waals surface area contributed by atoms with Gasteiger partial charge in [0.25, 0.3) is 0 Å². The average molecular weight is 296 g/mol. The number of hydrogen-bond donors (Lipinski definition) is 2. The van der Waals surface area contributed by atoms with Crippen molar-refractivity contribution < 1.29 is 15.0 Å². The van der Waals surface area contributed by atoms with Crippen molar-refractivity contribution in [1.29, 1.82) is 0 Å². The van der Waals surface area contributed by atoms with Crippen LogP contribution in [0.1, 0.15) is 90.4 Å². The Bertz CT molecular complexity index is 301. The molecule has 0 aromatic carbocycles. The van der Waals surface area contributed by atoms with E-state index in [4.69, 9.17) is 10.2 Å². The predicted molar refractivity (Wildman–Crippen MR) is 87.1 cm³/mol. The van der Waals surface area contributed by atoms with E-state index in [1.807, 2.05) is 0 Å². The van der Waals surface area contributed by atoms with E-state index < -0.39 is 12.1 Å². The molecule has 21 heavy (non-hydrogen) atoms. The van der Waals surface area contributed by atoms with Crippen molar-refractivity contribution in [1.82, 2.24) is 0 Å². The van der Waals surface area contributed by atoms with Crippen LogP contribution in [0.15, 0.2) is 0 Å². The molecule has 0 saturated heterocycles. The highest BCUT2D eigenvalue weighted by Gasteiger charge is 2.10. The normalized spacial score (nSPS) is 11.7. The Hall–Kier alpha value is -1.01. The van der Waals surface area contributed by atoms with Crippen LogP contribution >= 0.6 is 0 Å². The average Bonchev–Trinajstić information content (AvgIpc) is 2.47. The van der Waals surface area contributed by atoms with Gasteiger partial charge < -0.3 is 10.2 Å². The Morgan fingerprint density at radius 3 is 1.86 bits per heavy atom. The van der Waals surface area contributed by atoms with Crippen LogP contribution in [0.5, 0.6) is 0 Å². The topological polar surface area (TPSA) is 57.5 Å². The Balaban J connectivity index is 3.21. The van der Waals surface area contributed by atoms with Gasteiger partial charge in [-0.05, 0) is 19.3 Å². The zero-order valence-electron chi connectivity index (χ0n) is 13.6. The third-order valence-electron chi connectivity index (χ3n) is 3.59. The molecule has 3 nitrogen and oxygen atoms in total. The molecule has 0 spiro atoms. The largest absolute Gasteiger partial charge is 0.479 e. The number of carbonyl (C=O) groups is 1. The summed E-state index contributed by atoms with van der Waals surface area (Å²) in [6.07, 6.45) is 13.3. The van der Waals surface area contributed by atoms with Gasteiger partial charge in [0.15, 0.2) is 6.10 Å². The number of aliphatic hydroxyl groups excluding tert-OH is 1. The first-order valence-electron chi connectivity index (χ1n) is 8.55. The van der Waals surface area contributed by atoms with Crippen molar-refractivity contribution in [3.63, 3.8) is 0 Å². The molecule has 0 saturated carbocycles. The van der Waals surface area contributed by atoms with Crippen LogP contribution in [0.3, 0.4) is 0 Å². The quantitative estimate of drug-likeness (QED) is 0.388. The molecule has 0 amide bonds. The summed E-state index contributed by atoms with van der Waals surface area (Å²) < 4.78 is 0. The monoisotopic (exact) mass is 296 g/mol. The number of carboxylic acid groups (broad SMARTS) is 1. The number of unbranched alkanes of at least 4 members (excludes halogenated alkanes) is 10. The van der Waals surface area contributed by atoms with Crippen molar-refractivity contribution in [2.75, 3.05) is 0 Å². The van der Waals surface area contributed by atoms with Crippen LogP contribution in [0.4, 0.5) is 0 Å². The molecular weight excluding hydrogens is 264 g/mol. The minimum absolute atomic E-state index is 0.294. The van der Waals surface area contributed by atoms with Gasteiger partial charge in [-0.25, -0.2) is 4.79 Å². The van der Waals surface area contributed by atoms with Gasteiger partial charge in [0.1, 0.15) is 0 Å². The highest BCUT2D eigenvalue weighted by Crippen LogP contribution is 2.10. The molecule has 0 radical (unpaired) electrons. The van der Waals surface area contributed by atoms with E-state index in [-0.39, 0.29) is 0 Å². The second-order valence-corrected chi connectivity index (χ2v) is 5.68. The lowest BCUT2D eigenvalue weighted by atomic mass is 10.1. The number of aliphatic carboxylic acids is 1. The molecule has 122 valence electrons. The lowest BCUT2D eigenvalue weighted by Gasteiger charge is -2.01. The smallest absolute Gasteiger partial charge is 0.332 e. The molecule has 0 aromatic heterocycles. The minimum Gasteiger partial charge on any atom is -0.479 e. The van der Waals surface area contributed by atoms with E-state index in [2.05, 4.69) is 18.8 Å². The van der Waals surface area contributed by atoms with Gasteiger partial charge in [-0.3, -0.25) is 0 Å².